The molecule has 0 aromatic rings. The van der Waals surface area contributed by atoms with Crippen molar-refractivity contribution in [1.29, 1.82) is 0 Å². The molecule has 0 bridgehead atoms. The summed E-state index contributed by atoms with van der Waals surface area (Å²) in [5, 5.41) is 3.43. The van der Waals surface area contributed by atoms with Gasteiger partial charge in [0.1, 0.15) is 0 Å². The van der Waals surface area contributed by atoms with Crippen LogP contribution in [-0.2, 0) is 4.74 Å². The molecule has 0 aliphatic carbocycles. The number of ether oxygens (including phenoxy) is 1. The lowest BCUT2D eigenvalue weighted by Crippen LogP contribution is -2.43. The van der Waals surface area contributed by atoms with Crippen LogP contribution in [0.15, 0.2) is 0 Å². The quantitative estimate of drug-likeness (QED) is 0.518. The molecule has 0 radical (unpaired) electrons. The molecule has 2 aliphatic rings. The maximum Gasteiger partial charge on any atom is 0.0557 e. The van der Waals surface area contributed by atoms with Gasteiger partial charge in [0.15, 0.2) is 0 Å². The zero-order valence-corrected chi connectivity index (χ0v) is 5.81. The third kappa shape index (κ3) is 0.775. The van der Waals surface area contributed by atoms with Gasteiger partial charge in [0.25, 0.3) is 0 Å². The van der Waals surface area contributed by atoms with Crippen molar-refractivity contribution >= 4 is 0 Å². The number of hydrogen-bond donors (Lipinski definition) is 1. The van der Waals surface area contributed by atoms with Gasteiger partial charge in [-0.05, 0) is 13.3 Å². The molecule has 2 saturated heterocycles. The Morgan fingerprint density at radius 3 is 2.67 bits per heavy atom. The molecule has 1 unspecified atom stereocenters. The fraction of sp³-hybridized carbons (Fsp3) is 1.00. The second-order valence-electron chi connectivity index (χ2n) is 3.48. The van der Waals surface area contributed by atoms with Gasteiger partial charge < -0.3 is 10.1 Å². The van der Waals surface area contributed by atoms with E-state index in [2.05, 4.69) is 12.2 Å². The average Bonchev–Trinajstić information content (AvgIpc) is 2.09. The second-order valence-corrected chi connectivity index (χ2v) is 3.48. The van der Waals surface area contributed by atoms with Crippen LogP contribution in [0.25, 0.3) is 0 Å². The van der Waals surface area contributed by atoms with Gasteiger partial charge in [0, 0.05) is 19.4 Å². The van der Waals surface area contributed by atoms with E-state index in [-0.39, 0.29) is 1.43 Å². The molecule has 9 heavy (non-hydrogen) atoms. The molecule has 2 rings (SSSR count). The standard InChI is InChI=1S/C7H13NO.H2/c1-6-2-7(3-8-6)4-9-5-7;/h6,8H,2-5H2,1H3;1H. The van der Waals surface area contributed by atoms with Gasteiger partial charge in [-0.3, -0.25) is 0 Å². The van der Waals surface area contributed by atoms with Crippen LogP contribution in [0.4, 0.5) is 0 Å². The zero-order valence-electron chi connectivity index (χ0n) is 5.81. The smallest absolute Gasteiger partial charge is 0.0557 e. The van der Waals surface area contributed by atoms with E-state index in [1.165, 1.54) is 13.0 Å². The third-order valence-electron chi connectivity index (χ3n) is 2.38. The highest BCUT2D eigenvalue weighted by atomic mass is 16.5. The van der Waals surface area contributed by atoms with E-state index in [4.69, 9.17) is 4.74 Å². The summed E-state index contributed by atoms with van der Waals surface area (Å²) in [7, 11) is 0. The highest BCUT2D eigenvalue weighted by molar-refractivity contribution is 4.96. The summed E-state index contributed by atoms with van der Waals surface area (Å²) >= 11 is 0. The third-order valence-corrected chi connectivity index (χ3v) is 2.38. The van der Waals surface area contributed by atoms with Crippen LogP contribution in [0.1, 0.15) is 14.8 Å². The minimum atomic E-state index is 0. The van der Waals surface area contributed by atoms with Crippen molar-refractivity contribution in [3.63, 3.8) is 0 Å². The Hall–Kier alpha value is -0.0800. The van der Waals surface area contributed by atoms with Gasteiger partial charge in [0.2, 0.25) is 0 Å². The van der Waals surface area contributed by atoms with Gasteiger partial charge in [-0.2, -0.15) is 0 Å². The Balaban J connectivity index is 0.000000500. The second kappa shape index (κ2) is 1.70. The highest BCUT2D eigenvalue weighted by Gasteiger charge is 2.43. The van der Waals surface area contributed by atoms with Crippen molar-refractivity contribution in [2.45, 2.75) is 19.4 Å². The van der Waals surface area contributed by atoms with Crippen molar-refractivity contribution in [1.82, 2.24) is 5.32 Å². The van der Waals surface area contributed by atoms with Gasteiger partial charge in [-0.15, -0.1) is 0 Å². The van der Waals surface area contributed by atoms with Crippen LogP contribution in [0, 0.1) is 5.41 Å². The van der Waals surface area contributed by atoms with Crippen molar-refractivity contribution in [3.05, 3.63) is 0 Å². The predicted octanol–water partition coefficient (Wildman–Crippen LogP) is 0.631. The molecule has 2 nitrogen and oxygen atoms in total. The minimum Gasteiger partial charge on any atom is -0.380 e. The molecule has 0 amide bonds. The lowest BCUT2D eigenvalue weighted by Gasteiger charge is -2.37. The molecule has 2 fully saturated rings. The van der Waals surface area contributed by atoms with Crippen LogP contribution in [0.5, 0.6) is 0 Å². The SMILES string of the molecule is CC1CC2(CN1)COC2.[HH]. The maximum atomic E-state index is 5.17. The molecule has 1 atom stereocenters. The first kappa shape index (κ1) is 5.69. The molecule has 0 aromatic heterocycles. The summed E-state index contributed by atoms with van der Waals surface area (Å²) in [5.74, 6) is 0. The summed E-state index contributed by atoms with van der Waals surface area (Å²) in [5.41, 5.74) is 0.555. The fourth-order valence-corrected chi connectivity index (χ4v) is 1.80. The molecule has 54 valence electrons. The predicted molar refractivity (Wildman–Crippen MR) is 37.4 cm³/mol. The van der Waals surface area contributed by atoms with Gasteiger partial charge >= 0.3 is 0 Å². The van der Waals surface area contributed by atoms with Gasteiger partial charge in [0.05, 0.1) is 13.2 Å². The first-order chi connectivity index (χ1) is 4.31. The first-order valence-electron chi connectivity index (χ1n) is 3.62. The Kier molecular flexibility index (Phi) is 1.08. The molecule has 0 saturated carbocycles. The van der Waals surface area contributed by atoms with E-state index in [1.54, 1.807) is 0 Å². The van der Waals surface area contributed by atoms with E-state index in [9.17, 15) is 0 Å². The lowest BCUT2D eigenvalue weighted by molar-refractivity contribution is -0.101. The normalized spacial score (nSPS) is 39.0. The number of hydrogen-bond acceptors (Lipinski definition) is 2. The van der Waals surface area contributed by atoms with Crippen molar-refractivity contribution in [3.8, 4) is 0 Å². The van der Waals surface area contributed by atoms with Crippen molar-refractivity contribution in [2.75, 3.05) is 19.8 Å². The summed E-state index contributed by atoms with van der Waals surface area (Å²) in [6.45, 7) is 5.40. The largest absolute Gasteiger partial charge is 0.380 e. The van der Waals surface area contributed by atoms with E-state index in [0.29, 0.717) is 11.5 Å². The van der Waals surface area contributed by atoms with E-state index < -0.39 is 0 Å². The summed E-state index contributed by atoms with van der Waals surface area (Å²) in [6.07, 6.45) is 1.31. The minimum absolute atomic E-state index is 0. The van der Waals surface area contributed by atoms with Crippen LogP contribution in [0.2, 0.25) is 0 Å². The Labute approximate surface area is 57.1 Å². The van der Waals surface area contributed by atoms with E-state index in [1.807, 2.05) is 0 Å². The molecule has 2 heterocycles. The molecule has 1 spiro atoms. The van der Waals surface area contributed by atoms with Crippen molar-refractivity contribution in [2.24, 2.45) is 5.41 Å². The first-order valence-corrected chi connectivity index (χ1v) is 3.62. The van der Waals surface area contributed by atoms with Gasteiger partial charge in [-0.25, -0.2) is 0 Å². The molecule has 0 aromatic carbocycles. The van der Waals surface area contributed by atoms with Crippen LogP contribution in [-0.4, -0.2) is 25.8 Å². The molecular formula is C7H15NO. The average molecular weight is 129 g/mol. The monoisotopic (exact) mass is 129 g/mol. The Bertz CT molecular complexity index is 125. The summed E-state index contributed by atoms with van der Waals surface area (Å²) in [6, 6.07) is 0.717. The number of rotatable bonds is 0. The van der Waals surface area contributed by atoms with E-state index >= 15 is 0 Å². The Morgan fingerprint density at radius 1 is 1.67 bits per heavy atom. The molecular weight excluding hydrogens is 114 g/mol. The molecule has 2 aliphatic heterocycles. The van der Waals surface area contributed by atoms with Crippen LogP contribution in [0.3, 0.4) is 0 Å². The fourth-order valence-electron chi connectivity index (χ4n) is 1.80. The zero-order chi connectivity index (χ0) is 6.32. The topological polar surface area (TPSA) is 21.3 Å². The van der Waals surface area contributed by atoms with Crippen molar-refractivity contribution < 1.29 is 6.16 Å². The summed E-state index contributed by atoms with van der Waals surface area (Å²) < 4.78 is 5.17. The lowest BCUT2D eigenvalue weighted by atomic mass is 9.84. The van der Waals surface area contributed by atoms with Crippen LogP contribution < -0.4 is 5.32 Å². The summed E-state index contributed by atoms with van der Waals surface area (Å²) in [4.78, 5) is 0. The maximum absolute atomic E-state index is 5.17. The van der Waals surface area contributed by atoms with Crippen LogP contribution >= 0.6 is 0 Å². The molecule has 2 heteroatoms. The Morgan fingerprint density at radius 2 is 2.44 bits per heavy atom. The highest BCUT2D eigenvalue weighted by Crippen LogP contribution is 2.35. The number of nitrogens with one attached hydrogen (secondary N) is 1. The van der Waals surface area contributed by atoms with Gasteiger partial charge in [-0.1, -0.05) is 0 Å². The molecule has 1 N–H and O–H groups in total. The van der Waals surface area contributed by atoms with E-state index in [0.717, 1.165) is 13.2 Å².